The van der Waals surface area contributed by atoms with Crippen LogP contribution >= 0.6 is 15.9 Å². The van der Waals surface area contributed by atoms with Crippen molar-refractivity contribution < 1.29 is 13.9 Å². The van der Waals surface area contributed by atoms with Crippen LogP contribution in [0.15, 0.2) is 80.6 Å². The van der Waals surface area contributed by atoms with Crippen molar-refractivity contribution in [1.29, 1.82) is 0 Å². The maximum absolute atomic E-state index is 13.2. The monoisotopic (exact) mass is 508 g/mol. The van der Waals surface area contributed by atoms with Gasteiger partial charge in [0, 0.05) is 42.9 Å². The van der Waals surface area contributed by atoms with E-state index in [2.05, 4.69) is 25.7 Å². The molecule has 0 amide bonds. The third-order valence-electron chi connectivity index (χ3n) is 6.12. The molecule has 3 aromatic carbocycles. The van der Waals surface area contributed by atoms with E-state index in [0.29, 0.717) is 28.6 Å². The molecule has 2 heterocycles. The van der Waals surface area contributed by atoms with Crippen LogP contribution in [0.2, 0.25) is 0 Å². The molecule has 1 fully saturated rings. The maximum atomic E-state index is 13.2. The van der Waals surface area contributed by atoms with E-state index < -0.39 is 0 Å². The molecule has 5 rings (SSSR count). The van der Waals surface area contributed by atoms with E-state index in [1.165, 1.54) is 18.4 Å². The van der Waals surface area contributed by atoms with E-state index in [4.69, 9.17) is 4.42 Å². The molecule has 1 aromatic heterocycles. The van der Waals surface area contributed by atoms with E-state index in [1.807, 2.05) is 24.3 Å². The Labute approximate surface area is 198 Å². The molecule has 1 saturated heterocycles. The molecule has 0 spiro atoms. The van der Waals surface area contributed by atoms with Gasteiger partial charge in [-0.3, -0.25) is 9.69 Å². The molecule has 0 bridgehead atoms. The number of aromatic hydroxyl groups is 1. The van der Waals surface area contributed by atoms with Crippen molar-refractivity contribution >= 4 is 32.6 Å². The van der Waals surface area contributed by atoms with E-state index in [9.17, 15) is 14.3 Å². The van der Waals surface area contributed by atoms with E-state index in [0.717, 1.165) is 41.9 Å². The zero-order chi connectivity index (χ0) is 22.9. The van der Waals surface area contributed by atoms with Crippen LogP contribution in [0.4, 0.5) is 10.1 Å². The van der Waals surface area contributed by atoms with Crippen molar-refractivity contribution in [3.63, 3.8) is 0 Å². The standard InChI is InChI=1S/C26H22BrFN2O3/c27-18-3-1-17(2-4-18)23-16-33-26-21(25(23)32)9-10-24(31)22(26)15-29-11-13-30(14-12-29)20-7-5-19(28)6-8-20/h1-10,16,31H,11-15H2. The molecule has 1 aliphatic rings. The summed E-state index contributed by atoms with van der Waals surface area (Å²) in [6.45, 7) is 3.59. The van der Waals surface area contributed by atoms with E-state index >= 15 is 0 Å². The fraction of sp³-hybridized carbons (Fsp3) is 0.192. The second kappa shape index (κ2) is 9.00. The first-order chi connectivity index (χ1) is 16.0. The van der Waals surface area contributed by atoms with Crippen molar-refractivity contribution in [2.75, 3.05) is 31.1 Å². The number of fused-ring (bicyclic) bond motifs is 1. The van der Waals surface area contributed by atoms with Gasteiger partial charge in [0.2, 0.25) is 5.43 Å². The highest BCUT2D eigenvalue weighted by Crippen LogP contribution is 2.30. The van der Waals surface area contributed by atoms with Crippen molar-refractivity contribution in [3.05, 3.63) is 93.0 Å². The molecule has 33 heavy (non-hydrogen) atoms. The summed E-state index contributed by atoms with van der Waals surface area (Å²) in [5.74, 6) is -0.128. The Morgan fingerprint density at radius 3 is 2.33 bits per heavy atom. The van der Waals surface area contributed by atoms with Gasteiger partial charge in [0.1, 0.15) is 23.4 Å². The lowest BCUT2D eigenvalue weighted by molar-refractivity contribution is 0.246. The van der Waals surface area contributed by atoms with Crippen LogP contribution in [-0.4, -0.2) is 36.2 Å². The lowest BCUT2D eigenvalue weighted by atomic mass is 10.0. The number of nitrogens with zero attached hydrogens (tertiary/aromatic N) is 2. The molecule has 0 radical (unpaired) electrons. The zero-order valence-corrected chi connectivity index (χ0v) is 19.4. The summed E-state index contributed by atoms with van der Waals surface area (Å²) in [4.78, 5) is 17.6. The molecule has 0 saturated carbocycles. The van der Waals surface area contributed by atoms with Crippen molar-refractivity contribution in [3.8, 4) is 16.9 Å². The minimum absolute atomic E-state index is 0.114. The number of benzene rings is 3. The van der Waals surface area contributed by atoms with Gasteiger partial charge in [0.15, 0.2) is 0 Å². The first kappa shape index (κ1) is 21.7. The second-order valence-electron chi connectivity index (χ2n) is 8.16. The Hall–Kier alpha value is -3.16. The molecule has 7 heteroatoms. The summed E-state index contributed by atoms with van der Waals surface area (Å²) in [6.07, 6.45) is 1.48. The van der Waals surface area contributed by atoms with Crippen LogP contribution in [0.1, 0.15) is 5.56 Å². The SMILES string of the molecule is O=c1c(-c2ccc(Br)cc2)coc2c(CN3CCN(c4ccc(F)cc4)CC3)c(O)ccc12. The Kier molecular flexibility index (Phi) is 5.91. The fourth-order valence-corrected chi connectivity index (χ4v) is 4.53. The Bertz CT molecular complexity index is 1350. The third-order valence-corrected chi connectivity index (χ3v) is 6.65. The number of halogens is 2. The van der Waals surface area contributed by atoms with Crippen molar-refractivity contribution in [1.82, 2.24) is 4.90 Å². The molecule has 1 aliphatic heterocycles. The normalized spacial score (nSPS) is 14.7. The minimum Gasteiger partial charge on any atom is -0.507 e. The van der Waals surface area contributed by atoms with Crippen LogP contribution < -0.4 is 10.3 Å². The molecular weight excluding hydrogens is 487 g/mol. The van der Waals surface area contributed by atoms with Crippen LogP contribution in [-0.2, 0) is 6.54 Å². The summed E-state index contributed by atoms with van der Waals surface area (Å²) >= 11 is 3.41. The number of phenolic OH excluding ortho intramolecular Hbond substituents is 1. The van der Waals surface area contributed by atoms with Crippen molar-refractivity contribution in [2.24, 2.45) is 0 Å². The molecular formula is C26H22BrFN2O3. The highest BCUT2D eigenvalue weighted by molar-refractivity contribution is 9.10. The van der Waals surface area contributed by atoms with E-state index in [1.54, 1.807) is 24.3 Å². The topological polar surface area (TPSA) is 56.9 Å². The first-order valence-electron chi connectivity index (χ1n) is 10.7. The summed E-state index contributed by atoms with van der Waals surface area (Å²) in [7, 11) is 0. The molecule has 168 valence electrons. The largest absolute Gasteiger partial charge is 0.507 e. The van der Waals surface area contributed by atoms with Crippen LogP contribution in [0.5, 0.6) is 5.75 Å². The van der Waals surface area contributed by atoms with Gasteiger partial charge in [-0.05, 0) is 54.1 Å². The number of rotatable bonds is 4. The number of anilines is 1. The average Bonchev–Trinajstić information content (AvgIpc) is 2.83. The van der Waals surface area contributed by atoms with Gasteiger partial charge in [-0.2, -0.15) is 0 Å². The predicted molar refractivity (Wildman–Crippen MR) is 131 cm³/mol. The molecule has 0 atom stereocenters. The smallest absolute Gasteiger partial charge is 0.200 e. The van der Waals surface area contributed by atoms with Gasteiger partial charge in [-0.15, -0.1) is 0 Å². The highest BCUT2D eigenvalue weighted by atomic mass is 79.9. The number of hydrogen-bond acceptors (Lipinski definition) is 5. The Morgan fingerprint density at radius 1 is 0.939 bits per heavy atom. The molecule has 1 N–H and O–H groups in total. The van der Waals surface area contributed by atoms with Crippen LogP contribution in [0, 0.1) is 5.82 Å². The highest BCUT2D eigenvalue weighted by Gasteiger charge is 2.21. The number of piperazine rings is 1. The van der Waals surface area contributed by atoms with Crippen molar-refractivity contribution in [2.45, 2.75) is 6.54 Å². The maximum Gasteiger partial charge on any atom is 0.200 e. The molecule has 0 unspecified atom stereocenters. The van der Waals surface area contributed by atoms with Gasteiger partial charge in [0.05, 0.1) is 16.5 Å². The van der Waals surface area contributed by atoms with Gasteiger partial charge in [0.25, 0.3) is 0 Å². The van der Waals surface area contributed by atoms with Crippen LogP contribution in [0.25, 0.3) is 22.1 Å². The summed E-state index contributed by atoms with van der Waals surface area (Å²) in [6, 6.07) is 17.2. The summed E-state index contributed by atoms with van der Waals surface area (Å²) < 4.78 is 20.1. The number of hydrogen-bond donors (Lipinski definition) is 1. The summed E-state index contributed by atoms with van der Waals surface area (Å²) in [5, 5.41) is 11.0. The molecule has 4 aromatic rings. The van der Waals surface area contributed by atoms with E-state index in [-0.39, 0.29) is 17.0 Å². The number of phenols is 1. The van der Waals surface area contributed by atoms with Gasteiger partial charge in [-0.25, -0.2) is 4.39 Å². The molecule has 0 aliphatic carbocycles. The third kappa shape index (κ3) is 4.38. The fourth-order valence-electron chi connectivity index (χ4n) is 4.27. The average molecular weight is 509 g/mol. The lowest BCUT2D eigenvalue weighted by Gasteiger charge is -2.36. The Morgan fingerprint density at radius 2 is 1.64 bits per heavy atom. The summed E-state index contributed by atoms with van der Waals surface area (Å²) in [5.41, 5.74) is 3.17. The first-order valence-corrected chi connectivity index (χ1v) is 11.5. The zero-order valence-electron chi connectivity index (χ0n) is 17.8. The molecule has 5 nitrogen and oxygen atoms in total. The quantitative estimate of drug-likeness (QED) is 0.400. The minimum atomic E-state index is -0.242. The second-order valence-corrected chi connectivity index (χ2v) is 9.08. The Balaban J connectivity index is 1.39. The lowest BCUT2D eigenvalue weighted by Crippen LogP contribution is -2.46. The van der Waals surface area contributed by atoms with Gasteiger partial charge in [-0.1, -0.05) is 28.1 Å². The van der Waals surface area contributed by atoms with Gasteiger partial charge >= 0.3 is 0 Å². The van der Waals surface area contributed by atoms with Gasteiger partial charge < -0.3 is 14.4 Å². The predicted octanol–water partition coefficient (Wildman–Crippen LogP) is 5.39. The van der Waals surface area contributed by atoms with Crippen LogP contribution in [0.3, 0.4) is 0 Å².